The summed E-state index contributed by atoms with van der Waals surface area (Å²) in [6, 6.07) is 8.47. The topological polar surface area (TPSA) is 38.9 Å². The minimum atomic E-state index is -0.310. The van der Waals surface area contributed by atoms with Crippen molar-refractivity contribution in [3.63, 3.8) is 0 Å². The van der Waals surface area contributed by atoms with Crippen LogP contribution in [0.3, 0.4) is 0 Å². The van der Waals surface area contributed by atoms with E-state index in [2.05, 4.69) is 4.98 Å². The summed E-state index contributed by atoms with van der Waals surface area (Å²) in [6.07, 6.45) is 1.72. The predicted molar refractivity (Wildman–Crippen MR) is 66.1 cm³/mol. The zero-order valence-corrected chi connectivity index (χ0v) is 9.94. The molecule has 0 fully saturated rings. The third-order valence-corrected chi connectivity index (χ3v) is 2.89. The van der Waals surface area contributed by atoms with Crippen LogP contribution in [0.5, 0.6) is 0 Å². The van der Waals surface area contributed by atoms with Gasteiger partial charge in [-0.1, -0.05) is 18.2 Å². The maximum atomic E-state index is 13.2. The van der Waals surface area contributed by atoms with Gasteiger partial charge in [0.05, 0.1) is 11.7 Å². The van der Waals surface area contributed by atoms with Gasteiger partial charge >= 0.3 is 0 Å². The van der Waals surface area contributed by atoms with Crippen molar-refractivity contribution in [2.24, 2.45) is 5.73 Å². The van der Waals surface area contributed by atoms with E-state index in [-0.39, 0.29) is 11.9 Å². The second kappa shape index (κ2) is 4.63. The lowest BCUT2D eigenvalue weighted by Crippen LogP contribution is -2.15. The Balaban J connectivity index is 2.40. The van der Waals surface area contributed by atoms with E-state index in [0.717, 1.165) is 16.8 Å². The highest BCUT2D eigenvalue weighted by Crippen LogP contribution is 2.22. The highest BCUT2D eigenvalue weighted by molar-refractivity contribution is 5.34. The first-order chi connectivity index (χ1) is 8.09. The van der Waals surface area contributed by atoms with Crippen molar-refractivity contribution < 1.29 is 4.39 Å². The molecule has 0 spiro atoms. The molecule has 1 atom stereocenters. The van der Waals surface area contributed by atoms with Gasteiger partial charge in [0, 0.05) is 6.20 Å². The van der Waals surface area contributed by atoms with Gasteiger partial charge < -0.3 is 5.73 Å². The Kier molecular flexibility index (Phi) is 3.20. The van der Waals surface area contributed by atoms with Crippen LogP contribution in [0, 0.1) is 19.7 Å². The van der Waals surface area contributed by atoms with Crippen molar-refractivity contribution in [3.05, 3.63) is 64.7 Å². The lowest BCUT2D eigenvalue weighted by Gasteiger charge is -2.14. The van der Waals surface area contributed by atoms with Gasteiger partial charge in [-0.2, -0.15) is 0 Å². The van der Waals surface area contributed by atoms with Crippen LogP contribution in [0.2, 0.25) is 0 Å². The Morgan fingerprint density at radius 1 is 1.18 bits per heavy atom. The maximum Gasteiger partial charge on any atom is 0.126 e. The highest BCUT2D eigenvalue weighted by Gasteiger charge is 2.13. The molecule has 1 unspecified atom stereocenters. The lowest BCUT2D eigenvalue weighted by molar-refractivity contribution is 0.616. The second-order valence-electron chi connectivity index (χ2n) is 4.19. The summed E-state index contributed by atoms with van der Waals surface area (Å²) < 4.78 is 13.2. The summed E-state index contributed by atoms with van der Waals surface area (Å²) in [6.45, 7) is 3.70. The smallest absolute Gasteiger partial charge is 0.126 e. The van der Waals surface area contributed by atoms with Crippen LogP contribution in [0.4, 0.5) is 4.39 Å². The van der Waals surface area contributed by atoms with Gasteiger partial charge in [0.1, 0.15) is 5.82 Å². The molecule has 0 saturated carbocycles. The van der Waals surface area contributed by atoms with Crippen molar-refractivity contribution >= 4 is 0 Å². The van der Waals surface area contributed by atoms with Crippen LogP contribution in [-0.4, -0.2) is 4.98 Å². The molecule has 0 aliphatic carbocycles. The van der Waals surface area contributed by atoms with Crippen LogP contribution in [0.15, 0.2) is 36.5 Å². The number of hydrogen-bond donors (Lipinski definition) is 1. The summed E-state index contributed by atoms with van der Waals surface area (Å²) in [5, 5.41) is 0. The standard InChI is InChI=1S/C14H15FN2/c1-9-4-3-7-17-14(9)13(16)11-5-6-12(15)10(2)8-11/h3-8,13H,16H2,1-2H3. The number of aryl methyl sites for hydroxylation is 2. The molecule has 17 heavy (non-hydrogen) atoms. The largest absolute Gasteiger partial charge is 0.319 e. The number of benzene rings is 1. The van der Waals surface area contributed by atoms with Gasteiger partial charge in [0.2, 0.25) is 0 Å². The summed E-state index contributed by atoms with van der Waals surface area (Å²) in [5.41, 5.74) is 9.51. The van der Waals surface area contributed by atoms with E-state index in [0.29, 0.717) is 5.56 Å². The number of aromatic nitrogens is 1. The van der Waals surface area contributed by atoms with Crippen molar-refractivity contribution in [1.29, 1.82) is 0 Å². The van der Waals surface area contributed by atoms with E-state index in [4.69, 9.17) is 5.73 Å². The first-order valence-electron chi connectivity index (χ1n) is 5.52. The fraction of sp³-hybridized carbons (Fsp3) is 0.214. The average molecular weight is 230 g/mol. The molecule has 1 heterocycles. The number of halogens is 1. The monoisotopic (exact) mass is 230 g/mol. The fourth-order valence-electron chi connectivity index (χ4n) is 1.84. The highest BCUT2D eigenvalue weighted by atomic mass is 19.1. The molecule has 0 amide bonds. The Bertz CT molecular complexity index is 537. The number of nitrogens with zero attached hydrogens (tertiary/aromatic N) is 1. The Morgan fingerprint density at radius 3 is 2.59 bits per heavy atom. The molecule has 0 radical (unpaired) electrons. The minimum absolute atomic E-state index is 0.210. The quantitative estimate of drug-likeness (QED) is 0.861. The minimum Gasteiger partial charge on any atom is -0.319 e. The van der Waals surface area contributed by atoms with Gasteiger partial charge in [-0.3, -0.25) is 4.98 Å². The van der Waals surface area contributed by atoms with Crippen LogP contribution in [0.25, 0.3) is 0 Å². The molecule has 2 nitrogen and oxygen atoms in total. The molecule has 3 heteroatoms. The van der Waals surface area contributed by atoms with Gasteiger partial charge in [-0.25, -0.2) is 4.39 Å². The van der Waals surface area contributed by atoms with Gasteiger partial charge in [-0.05, 0) is 42.7 Å². The second-order valence-corrected chi connectivity index (χ2v) is 4.19. The first kappa shape index (κ1) is 11.7. The molecule has 1 aromatic carbocycles. The molecular weight excluding hydrogens is 215 g/mol. The zero-order valence-electron chi connectivity index (χ0n) is 9.94. The van der Waals surface area contributed by atoms with E-state index >= 15 is 0 Å². The molecule has 0 saturated heterocycles. The molecule has 2 N–H and O–H groups in total. The number of pyridine rings is 1. The average Bonchev–Trinajstić information content (AvgIpc) is 2.32. The third-order valence-electron chi connectivity index (χ3n) is 2.89. The number of hydrogen-bond acceptors (Lipinski definition) is 2. The SMILES string of the molecule is Cc1cc(C(N)c2ncccc2C)ccc1F. The molecule has 0 bridgehead atoms. The predicted octanol–water partition coefficient (Wildman–Crippen LogP) is 2.89. The third kappa shape index (κ3) is 2.34. The zero-order chi connectivity index (χ0) is 12.4. The molecule has 0 aliphatic heterocycles. The van der Waals surface area contributed by atoms with Gasteiger partial charge in [0.15, 0.2) is 0 Å². The Labute approximate surface area is 100 Å². The van der Waals surface area contributed by atoms with Crippen LogP contribution < -0.4 is 5.73 Å². The van der Waals surface area contributed by atoms with Gasteiger partial charge in [-0.15, -0.1) is 0 Å². The molecule has 0 aliphatic rings. The first-order valence-corrected chi connectivity index (χ1v) is 5.52. The fourth-order valence-corrected chi connectivity index (χ4v) is 1.84. The van der Waals surface area contributed by atoms with E-state index in [1.54, 1.807) is 25.3 Å². The molecular formula is C14H15FN2. The van der Waals surface area contributed by atoms with E-state index in [9.17, 15) is 4.39 Å². The van der Waals surface area contributed by atoms with E-state index < -0.39 is 0 Å². The molecule has 2 aromatic rings. The Morgan fingerprint density at radius 2 is 1.94 bits per heavy atom. The van der Waals surface area contributed by atoms with Crippen LogP contribution in [0.1, 0.15) is 28.4 Å². The summed E-state index contributed by atoms with van der Waals surface area (Å²) in [5.74, 6) is -0.210. The molecule has 1 aromatic heterocycles. The van der Waals surface area contributed by atoms with Crippen molar-refractivity contribution in [2.75, 3.05) is 0 Å². The van der Waals surface area contributed by atoms with Crippen molar-refractivity contribution in [3.8, 4) is 0 Å². The van der Waals surface area contributed by atoms with Crippen LogP contribution in [-0.2, 0) is 0 Å². The van der Waals surface area contributed by atoms with Gasteiger partial charge in [0.25, 0.3) is 0 Å². The van der Waals surface area contributed by atoms with Crippen molar-refractivity contribution in [1.82, 2.24) is 4.98 Å². The van der Waals surface area contributed by atoms with Crippen molar-refractivity contribution in [2.45, 2.75) is 19.9 Å². The van der Waals surface area contributed by atoms with E-state index in [1.807, 2.05) is 19.1 Å². The normalized spacial score (nSPS) is 12.5. The summed E-state index contributed by atoms with van der Waals surface area (Å²) >= 11 is 0. The summed E-state index contributed by atoms with van der Waals surface area (Å²) in [7, 11) is 0. The Hall–Kier alpha value is -1.74. The van der Waals surface area contributed by atoms with Crippen LogP contribution >= 0.6 is 0 Å². The lowest BCUT2D eigenvalue weighted by atomic mass is 9.99. The summed E-state index contributed by atoms with van der Waals surface area (Å²) in [4.78, 5) is 4.29. The maximum absolute atomic E-state index is 13.2. The number of rotatable bonds is 2. The van der Waals surface area contributed by atoms with E-state index in [1.165, 1.54) is 6.07 Å². The number of nitrogens with two attached hydrogens (primary N) is 1. The molecule has 2 rings (SSSR count). The molecule has 88 valence electrons.